The first-order valence-electron chi connectivity index (χ1n) is 5.97. The fourth-order valence-corrected chi connectivity index (χ4v) is 3.13. The predicted octanol–water partition coefficient (Wildman–Crippen LogP) is 4.10. The van der Waals surface area contributed by atoms with Gasteiger partial charge in [-0.3, -0.25) is 0 Å². The number of benzene rings is 1. The first-order valence-corrected chi connectivity index (χ1v) is 8.08. The highest BCUT2D eigenvalue weighted by atomic mass is 79.9. The molecule has 0 saturated heterocycles. The minimum atomic E-state index is 0.539. The summed E-state index contributed by atoms with van der Waals surface area (Å²) in [5.41, 5.74) is 1.94. The maximum atomic E-state index is 5.64. The summed E-state index contributed by atoms with van der Waals surface area (Å²) in [4.78, 5) is 3.28. The van der Waals surface area contributed by atoms with Crippen molar-refractivity contribution in [2.45, 2.75) is 11.6 Å². The third-order valence-electron chi connectivity index (χ3n) is 2.67. The molecule has 1 aromatic carbocycles. The summed E-state index contributed by atoms with van der Waals surface area (Å²) in [6, 6.07) is 10.1. The van der Waals surface area contributed by atoms with Crippen LogP contribution in [0.25, 0.3) is 22.5 Å². The minimum Gasteiger partial charge on any atom is -0.410 e. The molecule has 0 bridgehead atoms. The van der Waals surface area contributed by atoms with Crippen LogP contribution in [0.3, 0.4) is 0 Å². The Balaban J connectivity index is 1.81. The lowest BCUT2D eigenvalue weighted by Crippen LogP contribution is -1.80. The number of hydrogen-bond acceptors (Lipinski definition) is 4. The smallest absolute Gasteiger partial charge is 0.276 e. The molecule has 0 radical (unpaired) electrons. The van der Waals surface area contributed by atoms with Gasteiger partial charge in [0.2, 0.25) is 0 Å². The number of rotatable bonds is 5. The Morgan fingerprint density at radius 1 is 1.26 bits per heavy atom. The van der Waals surface area contributed by atoms with Gasteiger partial charge in [0, 0.05) is 22.0 Å². The number of H-pyrrole nitrogens is 1. The first kappa shape index (κ1) is 12.7. The molecule has 0 spiro atoms. The van der Waals surface area contributed by atoms with Crippen molar-refractivity contribution in [3.05, 3.63) is 30.3 Å². The number of aromatic amines is 1. The van der Waals surface area contributed by atoms with Crippen LogP contribution in [-0.4, -0.2) is 26.3 Å². The second-order valence-corrected chi connectivity index (χ2v) is 5.87. The summed E-state index contributed by atoms with van der Waals surface area (Å²) >= 11 is 4.98. The quantitative estimate of drug-likeness (QED) is 0.432. The monoisotopic (exact) mass is 337 g/mol. The minimum absolute atomic E-state index is 0.539. The largest absolute Gasteiger partial charge is 0.410 e. The van der Waals surface area contributed by atoms with Crippen LogP contribution in [-0.2, 0) is 0 Å². The maximum absolute atomic E-state index is 5.64. The molecule has 3 aromatic rings. The fraction of sp³-hybridized carbons (Fsp3) is 0.231. The van der Waals surface area contributed by atoms with Crippen LogP contribution in [0.2, 0.25) is 0 Å². The molecule has 4 nitrogen and oxygen atoms in total. The Kier molecular flexibility index (Phi) is 3.89. The lowest BCUT2D eigenvalue weighted by atomic mass is 10.2. The molecule has 6 heteroatoms. The summed E-state index contributed by atoms with van der Waals surface area (Å²) in [6.07, 6.45) is 1.08. The van der Waals surface area contributed by atoms with Crippen molar-refractivity contribution in [1.82, 2.24) is 15.2 Å². The third kappa shape index (κ3) is 2.84. The molecule has 0 aliphatic heterocycles. The number of nitrogens with one attached hydrogen (secondary N) is 1. The van der Waals surface area contributed by atoms with E-state index in [0.29, 0.717) is 11.1 Å². The van der Waals surface area contributed by atoms with E-state index in [9.17, 15) is 0 Å². The molecule has 1 N–H and O–H groups in total. The molecule has 2 heterocycles. The summed E-state index contributed by atoms with van der Waals surface area (Å²) in [6.45, 7) is 0. The molecule has 0 atom stereocenters. The third-order valence-corrected chi connectivity index (χ3v) is 4.14. The van der Waals surface area contributed by atoms with Crippen molar-refractivity contribution in [3.8, 4) is 11.6 Å². The number of hydrogen-bond donors (Lipinski definition) is 1. The highest BCUT2D eigenvalue weighted by Crippen LogP contribution is 2.26. The van der Waals surface area contributed by atoms with Gasteiger partial charge in [-0.05, 0) is 18.6 Å². The van der Waals surface area contributed by atoms with E-state index in [1.807, 2.05) is 24.3 Å². The molecule has 3 rings (SSSR count). The zero-order chi connectivity index (χ0) is 13.1. The van der Waals surface area contributed by atoms with Crippen molar-refractivity contribution in [2.24, 2.45) is 0 Å². The summed E-state index contributed by atoms with van der Waals surface area (Å²) in [5, 5.41) is 10.9. The van der Waals surface area contributed by atoms with Crippen molar-refractivity contribution in [2.75, 3.05) is 11.1 Å². The van der Waals surface area contributed by atoms with Gasteiger partial charge in [-0.15, -0.1) is 10.2 Å². The van der Waals surface area contributed by atoms with Crippen molar-refractivity contribution >= 4 is 38.6 Å². The standard InChI is InChI=1S/C13H12BrN3OS/c14-6-3-7-19-13-17-16-12(18-13)11-8-9-4-1-2-5-10(9)15-11/h1-2,4-5,8,15H,3,6-7H2. The summed E-state index contributed by atoms with van der Waals surface area (Å²) in [5.74, 6) is 1.51. The van der Waals surface area contributed by atoms with Crippen LogP contribution in [0, 0.1) is 0 Å². The van der Waals surface area contributed by atoms with Crippen molar-refractivity contribution in [3.63, 3.8) is 0 Å². The number of halogens is 1. The topological polar surface area (TPSA) is 54.7 Å². The average molecular weight is 338 g/mol. The number of aromatic nitrogens is 3. The van der Waals surface area contributed by atoms with Gasteiger partial charge in [0.25, 0.3) is 11.1 Å². The Bertz CT molecular complexity index is 646. The normalized spacial score (nSPS) is 11.2. The second kappa shape index (κ2) is 5.79. The van der Waals surface area contributed by atoms with Crippen LogP contribution in [0.15, 0.2) is 40.0 Å². The fourth-order valence-electron chi connectivity index (χ4n) is 1.78. The van der Waals surface area contributed by atoms with E-state index in [0.717, 1.165) is 34.1 Å². The molecule has 0 unspecified atom stereocenters. The van der Waals surface area contributed by atoms with Gasteiger partial charge >= 0.3 is 0 Å². The molecule has 0 saturated carbocycles. The number of thioether (sulfide) groups is 1. The van der Waals surface area contributed by atoms with Gasteiger partial charge in [0.1, 0.15) is 5.69 Å². The molecule has 0 aliphatic rings. The molecule has 0 aliphatic carbocycles. The maximum Gasteiger partial charge on any atom is 0.276 e. The molecule has 0 amide bonds. The lowest BCUT2D eigenvalue weighted by Gasteiger charge is -1.91. The number of alkyl halides is 1. The van der Waals surface area contributed by atoms with Crippen LogP contribution in [0.5, 0.6) is 0 Å². The Morgan fingerprint density at radius 3 is 3.00 bits per heavy atom. The van der Waals surface area contributed by atoms with Gasteiger partial charge in [-0.2, -0.15) is 0 Å². The molecule has 19 heavy (non-hydrogen) atoms. The highest BCUT2D eigenvalue weighted by molar-refractivity contribution is 9.09. The Morgan fingerprint density at radius 2 is 2.16 bits per heavy atom. The Hall–Kier alpha value is -1.27. The lowest BCUT2D eigenvalue weighted by molar-refractivity contribution is 0.465. The average Bonchev–Trinajstić information content (AvgIpc) is 3.04. The van der Waals surface area contributed by atoms with Crippen molar-refractivity contribution < 1.29 is 4.42 Å². The second-order valence-electron chi connectivity index (χ2n) is 4.03. The van der Waals surface area contributed by atoms with E-state index in [-0.39, 0.29) is 0 Å². The van der Waals surface area contributed by atoms with Gasteiger partial charge in [0.15, 0.2) is 0 Å². The zero-order valence-corrected chi connectivity index (χ0v) is 12.5. The van der Waals surface area contributed by atoms with Crippen molar-refractivity contribution in [1.29, 1.82) is 0 Å². The van der Waals surface area contributed by atoms with E-state index in [1.165, 1.54) is 0 Å². The molecular weight excluding hydrogens is 326 g/mol. The number of nitrogens with zero attached hydrogens (tertiary/aromatic N) is 2. The van der Waals surface area contributed by atoms with Gasteiger partial charge in [-0.1, -0.05) is 45.9 Å². The van der Waals surface area contributed by atoms with E-state index in [2.05, 4.69) is 37.2 Å². The highest BCUT2D eigenvalue weighted by Gasteiger charge is 2.11. The first-order chi connectivity index (χ1) is 9.36. The molecule has 98 valence electrons. The number of para-hydroxylation sites is 1. The van der Waals surface area contributed by atoms with Crippen LogP contribution >= 0.6 is 27.7 Å². The molecule has 2 aromatic heterocycles. The SMILES string of the molecule is BrCCCSc1nnc(-c2cc3ccccc3[nH]2)o1. The van der Waals surface area contributed by atoms with E-state index in [1.54, 1.807) is 11.8 Å². The summed E-state index contributed by atoms with van der Waals surface area (Å²) < 4.78 is 5.64. The summed E-state index contributed by atoms with van der Waals surface area (Å²) in [7, 11) is 0. The van der Waals surface area contributed by atoms with E-state index < -0.39 is 0 Å². The number of fused-ring (bicyclic) bond motifs is 1. The van der Waals surface area contributed by atoms with Gasteiger partial charge in [-0.25, -0.2) is 0 Å². The molecule has 0 fully saturated rings. The van der Waals surface area contributed by atoms with Crippen LogP contribution in [0.1, 0.15) is 6.42 Å². The predicted molar refractivity (Wildman–Crippen MR) is 80.7 cm³/mol. The Labute approximate surface area is 123 Å². The van der Waals surface area contributed by atoms with Gasteiger partial charge < -0.3 is 9.40 Å². The van der Waals surface area contributed by atoms with Crippen LogP contribution in [0.4, 0.5) is 0 Å². The van der Waals surface area contributed by atoms with E-state index in [4.69, 9.17) is 4.42 Å². The van der Waals surface area contributed by atoms with Gasteiger partial charge in [0.05, 0.1) is 0 Å². The molecular formula is C13H12BrN3OS. The van der Waals surface area contributed by atoms with E-state index >= 15 is 0 Å². The zero-order valence-electron chi connectivity index (χ0n) is 10.1. The van der Waals surface area contributed by atoms with Crippen LogP contribution < -0.4 is 0 Å².